The number of hydrogen-bond donors (Lipinski definition) is 2. The van der Waals surface area contributed by atoms with Gasteiger partial charge in [-0.3, -0.25) is 0 Å². The van der Waals surface area contributed by atoms with Crippen molar-refractivity contribution < 1.29 is 14.3 Å². The third kappa shape index (κ3) is 4.11. The number of benzene rings is 2. The van der Waals surface area contributed by atoms with Gasteiger partial charge < -0.3 is 25.0 Å². The van der Waals surface area contributed by atoms with E-state index in [0.717, 1.165) is 43.7 Å². The summed E-state index contributed by atoms with van der Waals surface area (Å²) in [6.45, 7) is 1.03. The van der Waals surface area contributed by atoms with E-state index in [-0.39, 0.29) is 17.5 Å². The molecule has 2 aromatic rings. The van der Waals surface area contributed by atoms with Gasteiger partial charge in [-0.2, -0.15) is 5.26 Å². The summed E-state index contributed by atoms with van der Waals surface area (Å²) in [6, 6.07) is 15.5. The number of likely N-dealkylation sites (tertiary alicyclic amines) is 1. The van der Waals surface area contributed by atoms with Crippen molar-refractivity contribution in [2.45, 2.75) is 43.2 Å². The zero-order chi connectivity index (χ0) is 22.7. The zero-order valence-electron chi connectivity index (χ0n) is 18.9. The monoisotopic (exact) mass is 434 g/mol. The lowest BCUT2D eigenvalue weighted by Crippen LogP contribution is -2.52. The molecule has 3 atom stereocenters. The van der Waals surface area contributed by atoms with E-state index >= 15 is 0 Å². The molecule has 3 unspecified atom stereocenters. The van der Waals surface area contributed by atoms with E-state index in [2.05, 4.69) is 40.8 Å². The van der Waals surface area contributed by atoms with E-state index in [1.54, 1.807) is 38.5 Å². The van der Waals surface area contributed by atoms with Gasteiger partial charge in [-0.1, -0.05) is 12.1 Å². The van der Waals surface area contributed by atoms with Crippen LogP contribution in [0.4, 0.5) is 10.5 Å². The molecule has 0 bridgehead atoms. The Bertz CT molecular complexity index is 1030. The fourth-order valence-corrected chi connectivity index (χ4v) is 5.41. The van der Waals surface area contributed by atoms with Crippen LogP contribution >= 0.6 is 0 Å². The van der Waals surface area contributed by atoms with Gasteiger partial charge in [-0.25, -0.2) is 4.79 Å². The number of carbonyl (C=O) groups excluding carboxylic acids is 1. The SMILES string of the molecule is COc1ccc(C23CCC(NC(=O)Nc4cccc(C#N)c4)CC2N(C)CC3)cc1OC. The van der Waals surface area contributed by atoms with Crippen molar-refractivity contribution in [3.8, 4) is 17.6 Å². The second-order valence-electron chi connectivity index (χ2n) is 8.73. The van der Waals surface area contributed by atoms with Crippen LogP contribution in [0.1, 0.15) is 36.8 Å². The maximum Gasteiger partial charge on any atom is 0.319 e. The lowest BCUT2D eigenvalue weighted by Gasteiger charge is -2.45. The Labute approximate surface area is 189 Å². The molecule has 32 heavy (non-hydrogen) atoms. The van der Waals surface area contributed by atoms with Crippen molar-refractivity contribution in [2.24, 2.45) is 0 Å². The summed E-state index contributed by atoms with van der Waals surface area (Å²) in [7, 11) is 5.49. The third-order valence-electron chi connectivity index (χ3n) is 7.07. The molecule has 0 aromatic heterocycles. The maximum atomic E-state index is 12.6. The van der Waals surface area contributed by atoms with Crippen LogP contribution in [-0.2, 0) is 5.41 Å². The number of anilines is 1. The highest BCUT2D eigenvalue weighted by Gasteiger charge is 2.50. The lowest BCUT2D eigenvalue weighted by atomic mass is 9.65. The van der Waals surface area contributed by atoms with E-state index < -0.39 is 0 Å². The summed E-state index contributed by atoms with van der Waals surface area (Å²) < 4.78 is 11.0. The third-order valence-corrected chi connectivity index (χ3v) is 7.07. The number of rotatable bonds is 5. The molecule has 4 rings (SSSR count). The van der Waals surface area contributed by atoms with Crippen LogP contribution in [0, 0.1) is 11.3 Å². The molecule has 1 aliphatic carbocycles. The molecule has 168 valence electrons. The molecular formula is C25H30N4O3. The van der Waals surface area contributed by atoms with Crippen LogP contribution in [0.3, 0.4) is 0 Å². The number of fused-ring (bicyclic) bond motifs is 1. The van der Waals surface area contributed by atoms with E-state index in [1.807, 2.05) is 6.07 Å². The number of carbonyl (C=O) groups is 1. The van der Waals surface area contributed by atoms with Crippen molar-refractivity contribution in [1.29, 1.82) is 5.26 Å². The van der Waals surface area contributed by atoms with Crippen LogP contribution in [0.25, 0.3) is 0 Å². The van der Waals surface area contributed by atoms with Gasteiger partial charge in [0.15, 0.2) is 11.5 Å². The number of nitrogens with one attached hydrogen (secondary N) is 2. The largest absolute Gasteiger partial charge is 0.493 e. The van der Waals surface area contributed by atoms with Crippen LogP contribution in [0.15, 0.2) is 42.5 Å². The predicted molar refractivity (Wildman–Crippen MR) is 123 cm³/mol. The Hall–Kier alpha value is -3.24. The number of urea groups is 1. The first kappa shape index (κ1) is 22.0. The summed E-state index contributed by atoms with van der Waals surface area (Å²) >= 11 is 0. The molecule has 2 fully saturated rings. The molecule has 1 saturated carbocycles. The number of ether oxygens (including phenoxy) is 2. The first-order chi connectivity index (χ1) is 15.5. The van der Waals surface area contributed by atoms with Crippen LogP contribution in [0.5, 0.6) is 11.5 Å². The fourth-order valence-electron chi connectivity index (χ4n) is 5.41. The Morgan fingerprint density at radius 3 is 2.72 bits per heavy atom. The number of hydrogen-bond acceptors (Lipinski definition) is 5. The number of amides is 2. The maximum absolute atomic E-state index is 12.6. The summed E-state index contributed by atoms with van der Waals surface area (Å²) in [6.07, 6.45) is 3.87. The van der Waals surface area contributed by atoms with Crippen LogP contribution < -0.4 is 20.1 Å². The molecule has 7 nitrogen and oxygen atoms in total. The van der Waals surface area contributed by atoms with Gasteiger partial charge in [0.25, 0.3) is 0 Å². The van der Waals surface area contributed by atoms with E-state index in [4.69, 9.17) is 14.7 Å². The summed E-state index contributed by atoms with van der Waals surface area (Å²) in [5.41, 5.74) is 2.47. The fraction of sp³-hybridized carbons (Fsp3) is 0.440. The minimum atomic E-state index is -0.232. The second-order valence-corrected chi connectivity index (χ2v) is 8.73. The molecule has 2 amide bonds. The van der Waals surface area contributed by atoms with Gasteiger partial charge in [0.2, 0.25) is 0 Å². The van der Waals surface area contributed by atoms with Crippen molar-refractivity contribution in [3.63, 3.8) is 0 Å². The molecular weight excluding hydrogens is 404 g/mol. The first-order valence-electron chi connectivity index (χ1n) is 11.0. The predicted octanol–water partition coefficient (Wildman–Crippen LogP) is 3.89. The van der Waals surface area contributed by atoms with Gasteiger partial charge in [0.1, 0.15) is 0 Å². The molecule has 7 heteroatoms. The quantitative estimate of drug-likeness (QED) is 0.746. The van der Waals surface area contributed by atoms with Gasteiger partial charge in [0.05, 0.1) is 25.9 Å². The molecule has 0 radical (unpaired) electrons. The second kappa shape index (κ2) is 9.09. The van der Waals surface area contributed by atoms with Gasteiger partial charge in [-0.15, -0.1) is 0 Å². The highest BCUT2D eigenvalue weighted by molar-refractivity contribution is 5.89. The Morgan fingerprint density at radius 2 is 1.97 bits per heavy atom. The standard InChI is InChI=1S/C25H30N4O3/c1-29-12-11-25(18-7-8-21(31-2)22(14-18)32-3)10-9-20(15-23(25)29)28-24(30)27-19-6-4-5-17(13-19)16-26/h4-8,13-14,20,23H,9-12,15H2,1-3H3,(H2,27,28,30). The molecule has 1 heterocycles. The molecule has 2 aromatic carbocycles. The van der Waals surface area contributed by atoms with Crippen molar-refractivity contribution >= 4 is 11.7 Å². The van der Waals surface area contributed by atoms with E-state index in [1.165, 1.54) is 5.56 Å². The van der Waals surface area contributed by atoms with Crippen LogP contribution in [0.2, 0.25) is 0 Å². The highest BCUT2D eigenvalue weighted by Crippen LogP contribution is 2.49. The van der Waals surface area contributed by atoms with E-state index in [9.17, 15) is 4.79 Å². The number of nitriles is 1. The summed E-state index contributed by atoms with van der Waals surface area (Å²) in [5, 5.41) is 15.1. The number of nitrogens with zero attached hydrogens (tertiary/aromatic N) is 2. The minimum absolute atomic E-state index is 0.0457. The Morgan fingerprint density at radius 1 is 1.16 bits per heavy atom. The molecule has 2 aliphatic rings. The normalized spacial score (nSPS) is 24.8. The first-order valence-corrected chi connectivity index (χ1v) is 11.0. The minimum Gasteiger partial charge on any atom is -0.493 e. The van der Waals surface area contributed by atoms with Crippen molar-refractivity contribution in [3.05, 3.63) is 53.6 Å². The van der Waals surface area contributed by atoms with E-state index in [0.29, 0.717) is 17.3 Å². The molecule has 0 spiro atoms. The summed E-state index contributed by atoms with van der Waals surface area (Å²) in [5.74, 6) is 1.50. The number of likely N-dealkylation sites (N-methyl/N-ethyl adjacent to an activating group) is 1. The van der Waals surface area contributed by atoms with Gasteiger partial charge in [-0.05, 0) is 75.2 Å². The van der Waals surface area contributed by atoms with Gasteiger partial charge >= 0.3 is 6.03 Å². The van der Waals surface area contributed by atoms with Crippen molar-refractivity contribution in [2.75, 3.05) is 33.1 Å². The molecule has 1 aliphatic heterocycles. The summed E-state index contributed by atoms with van der Waals surface area (Å²) in [4.78, 5) is 15.0. The van der Waals surface area contributed by atoms with Crippen LogP contribution in [-0.4, -0.2) is 50.8 Å². The zero-order valence-corrected chi connectivity index (χ0v) is 18.9. The number of methoxy groups -OCH3 is 2. The lowest BCUT2D eigenvalue weighted by molar-refractivity contribution is 0.156. The highest BCUT2D eigenvalue weighted by atomic mass is 16.5. The van der Waals surface area contributed by atoms with Gasteiger partial charge in [0, 0.05) is 23.2 Å². The average molecular weight is 435 g/mol. The Kier molecular flexibility index (Phi) is 6.24. The Balaban J connectivity index is 1.47. The van der Waals surface area contributed by atoms with Crippen molar-refractivity contribution in [1.82, 2.24) is 10.2 Å². The topological polar surface area (TPSA) is 86.6 Å². The molecule has 1 saturated heterocycles. The molecule has 2 N–H and O–H groups in total. The average Bonchev–Trinajstić information content (AvgIpc) is 3.15. The smallest absolute Gasteiger partial charge is 0.319 e.